The number of fused-ring (bicyclic) bond motifs is 2. The Morgan fingerprint density at radius 2 is 1.83 bits per heavy atom. The van der Waals surface area contributed by atoms with Crippen LogP contribution in [0.2, 0.25) is 0 Å². The predicted octanol–water partition coefficient (Wildman–Crippen LogP) is 7.85. The van der Waals surface area contributed by atoms with Crippen LogP contribution in [0.15, 0.2) is 40.8 Å². The van der Waals surface area contributed by atoms with E-state index < -0.39 is 5.97 Å². The number of nitrogens with zero attached hydrogens (tertiary/aromatic N) is 1. The molecule has 2 fully saturated rings. The third-order valence-electron chi connectivity index (χ3n) is 9.80. The zero-order valence-electron chi connectivity index (χ0n) is 25.9. The van der Waals surface area contributed by atoms with Gasteiger partial charge in [-0.1, -0.05) is 39.8 Å². The second-order valence-electron chi connectivity index (χ2n) is 14.3. The van der Waals surface area contributed by atoms with E-state index in [1.54, 1.807) is 7.11 Å². The van der Waals surface area contributed by atoms with E-state index in [-0.39, 0.29) is 23.4 Å². The van der Waals surface area contributed by atoms with Crippen molar-refractivity contribution in [2.75, 3.05) is 20.2 Å². The molecular formula is C36H47NO5. The first-order valence-electron chi connectivity index (χ1n) is 15.9. The van der Waals surface area contributed by atoms with Crippen molar-refractivity contribution in [3.8, 4) is 11.5 Å². The van der Waals surface area contributed by atoms with Gasteiger partial charge in [0.15, 0.2) is 0 Å². The van der Waals surface area contributed by atoms with Crippen molar-refractivity contribution >= 4 is 16.9 Å². The summed E-state index contributed by atoms with van der Waals surface area (Å²) in [4.78, 5) is 14.4. The summed E-state index contributed by atoms with van der Waals surface area (Å²) in [6.45, 7) is 11.5. The van der Waals surface area contributed by atoms with Crippen LogP contribution in [-0.2, 0) is 24.2 Å². The SMILES string of the molecule is COc1ccc2oc(CC(C)(C)C)cc2c1CN1CCC([C@H]2CCc3ccc([C@H](C4CC4)[C@H](C)C(=O)O)cc3O2)CC1. The number of carbonyl (C=O) groups is 1. The molecule has 3 aromatic rings. The maximum Gasteiger partial charge on any atom is 0.306 e. The molecule has 1 saturated heterocycles. The molecule has 3 atom stereocenters. The maximum atomic E-state index is 11.8. The third-order valence-corrected chi connectivity index (χ3v) is 9.80. The molecule has 226 valence electrons. The Balaban J connectivity index is 1.12. The van der Waals surface area contributed by atoms with Crippen molar-refractivity contribution in [2.45, 2.75) is 91.2 Å². The largest absolute Gasteiger partial charge is 0.496 e. The molecule has 0 bridgehead atoms. The number of furan rings is 1. The van der Waals surface area contributed by atoms with E-state index in [9.17, 15) is 9.90 Å². The average Bonchev–Trinajstić information content (AvgIpc) is 3.71. The minimum atomic E-state index is -0.706. The first-order valence-corrected chi connectivity index (χ1v) is 15.9. The molecule has 3 heterocycles. The van der Waals surface area contributed by atoms with Crippen LogP contribution in [-0.4, -0.2) is 42.3 Å². The van der Waals surface area contributed by atoms with Crippen LogP contribution in [0, 0.1) is 23.2 Å². The first kappa shape index (κ1) is 29.1. The molecule has 6 heteroatoms. The fourth-order valence-corrected chi connectivity index (χ4v) is 7.40. The minimum Gasteiger partial charge on any atom is -0.496 e. The fourth-order valence-electron chi connectivity index (χ4n) is 7.40. The zero-order valence-corrected chi connectivity index (χ0v) is 25.9. The van der Waals surface area contributed by atoms with Gasteiger partial charge < -0.3 is 19.0 Å². The molecule has 1 aromatic heterocycles. The number of aryl methyl sites for hydroxylation is 1. The van der Waals surface area contributed by atoms with Gasteiger partial charge in [-0.05, 0) is 110 Å². The van der Waals surface area contributed by atoms with Crippen molar-refractivity contribution in [3.63, 3.8) is 0 Å². The fraction of sp³-hybridized carbons (Fsp3) is 0.583. The van der Waals surface area contributed by atoms with Crippen LogP contribution < -0.4 is 9.47 Å². The summed E-state index contributed by atoms with van der Waals surface area (Å²) in [5.41, 5.74) is 4.72. The van der Waals surface area contributed by atoms with Crippen molar-refractivity contribution in [1.29, 1.82) is 0 Å². The summed E-state index contributed by atoms with van der Waals surface area (Å²) >= 11 is 0. The number of hydrogen-bond donors (Lipinski definition) is 1. The number of rotatable bonds is 9. The van der Waals surface area contributed by atoms with Gasteiger partial charge in [-0.25, -0.2) is 0 Å². The Hall–Kier alpha value is -2.99. The molecule has 0 amide bonds. The second-order valence-corrected chi connectivity index (χ2v) is 14.3. The van der Waals surface area contributed by atoms with E-state index in [1.165, 1.54) is 16.5 Å². The smallest absolute Gasteiger partial charge is 0.306 e. The predicted molar refractivity (Wildman–Crippen MR) is 165 cm³/mol. The molecule has 1 N–H and O–H groups in total. The number of methoxy groups -OCH3 is 1. The molecule has 0 spiro atoms. The lowest BCUT2D eigenvalue weighted by Crippen LogP contribution is -2.40. The minimum absolute atomic E-state index is 0.0706. The Kier molecular flexibility index (Phi) is 8.03. The number of carboxylic acids is 1. The Labute approximate surface area is 250 Å². The number of likely N-dealkylation sites (tertiary alicyclic amines) is 1. The van der Waals surface area contributed by atoms with Gasteiger partial charge in [0.25, 0.3) is 0 Å². The van der Waals surface area contributed by atoms with Gasteiger partial charge in [0.2, 0.25) is 0 Å². The lowest BCUT2D eigenvalue weighted by molar-refractivity contribution is -0.142. The van der Waals surface area contributed by atoms with Crippen LogP contribution in [0.5, 0.6) is 11.5 Å². The number of ether oxygens (including phenoxy) is 2. The number of aliphatic carboxylic acids is 1. The van der Waals surface area contributed by atoms with E-state index in [2.05, 4.69) is 49.9 Å². The highest BCUT2D eigenvalue weighted by molar-refractivity contribution is 5.84. The molecule has 42 heavy (non-hydrogen) atoms. The van der Waals surface area contributed by atoms with E-state index in [1.807, 2.05) is 19.1 Å². The average molecular weight is 574 g/mol. The normalized spacial score (nSPS) is 21.5. The molecule has 1 aliphatic carbocycles. The Morgan fingerprint density at radius 1 is 1.07 bits per heavy atom. The van der Waals surface area contributed by atoms with E-state index in [4.69, 9.17) is 13.9 Å². The van der Waals surface area contributed by atoms with Crippen LogP contribution in [0.1, 0.15) is 88.2 Å². The molecule has 2 aromatic carbocycles. The Bertz CT molecular complexity index is 1420. The molecule has 6 nitrogen and oxygen atoms in total. The van der Waals surface area contributed by atoms with E-state index >= 15 is 0 Å². The van der Waals surface area contributed by atoms with Gasteiger partial charge in [-0.15, -0.1) is 0 Å². The molecule has 0 radical (unpaired) electrons. The topological polar surface area (TPSA) is 72.1 Å². The van der Waals surface area contributed by atoms with Gasteiger partial charge in [0.05, 0.1) is 13.0 Å². The van der Waals surface area contributed by atoms with Crippen LogP contribution in [0.3, 0.4) is 0 Å². The van der Waals surface area contributed by atoms with E-state index in [0.717, 1.165) is 93.0 Å². The summed E-state index contributed by atoms with van der Waals surface area (Å²) < 4.78 is 18.7. The Morgan fingerprint density at radius 3 is 2.50 bits per heavy atom. The number of carboxylic acid groups (broad SMARTS) is 1. The molecule has 1 saturated carbocycles. The molecule has 6 rings (SSSR count). The maximum absolute atomic E-state index is 11.8. The summed E-state index contributed by atoms with van der Waals surface area (Å²) in [5.74, 6) is 2.94. The van der Waals surface area contributed by atoms with Crippen LogP contribution in [0.25, 0.3) is 11.0 Å². The van der Waals surface area contributed by atoms with Crippen molar-refractivity contribution in [3.05, 3.63) is 58.8 Å². The van der Waals surface area contributed by atoms with Gasteiger partial charge in [-0.3, -0.25) is 9.69 Å². The monoisotopic (exact) mass is 573 g/mol. The standard InChI is InChI=1S/C36H47NO5/c1-22(35(38)39)34(25-7-8-25)26-9-6-23-10-11-30(42-33(23)18-26)24-14-16-37(17-15-24)21-29-28-19-27(20-36(2,3)4)41-32(28)13-12-31(29)40-5/h6,9,12-13,18-19,22,24-25,30,34H,7-8,10-11,14-17,20-21H2,1-5H3,(H,38,39)/t22-,30+,34-/m0/s1. The van der Waals surface area contributed by atoms with Crippen LogP contribution in [0.4, 0.5) is 0 Å². The highest BCUT2D eigenvalue weighted by atomic mass is 16.5. The lowest BCUT2D eigenvalue weighted by Gasteiger charge is -2.38. The van der Waals surface area contributed by atoms with Gasteiger partial charge >= 0.3 is 5.97 Å². The second kappa shape index (κ2) is 11.6. The van der Waals surface area contributed by atoms with Crippen molar-refractivity contribution in [1.82, 2.24) is 4.90 Å². The lowest BCUT2D eigenvalue weighted by atomic mass is 9.81. The molecule has 3 aliphatic rings. The van der Waals surface area contributed by atoms with E-state index in [0.29, 0.717) is 11.8 Å². The highest BCUT2D eigenvalue weighted by Gasteiger charge is 2.39. The quantitative estimate of drug-likeness (QED) is 0.281. The first-order chi connectivity index (χ1) is 20.1. The summed E-state index contributed by atoms with van der Waals surface area (Å²) in [7, 11) is 1.76. The number of piperidine rings is 1. The summed E-state index contributed by atoms with van der Waals surface area (Å²) in [6.07, 6.45) is 7.67. The van der Waals surface area contributed by atoms with Gasteiger partial charge in [0, 0.05) is 23.9 Å². The summed E-state index contributed by atoms with van der Waals surface area (Å²) in [5, 5.41) is 10.9. The third kappa shape index (κ3) is 6.20. The highest BCUT2D eigenvalue weighted by Crippen LogP contribution is 2.48. The van der Waals surface area contributed by atoms with Gasteiger partial charge in [0.1, 0.15) is 28.9 Å². The van der Waals surface area contributed by atoms with Crippen molar-refractivity contribution in [2.24, 2.45) is 23.2 Å². The summed E-state index contributed by atoms with van der Waals surface area (Å²) in [6, 6.07) is 12.8. The molecule has 0 unspecified atom stereocenters. The van der Waals surface area contributed by atoms with Crippen LogP contribution >= 0.6 is 0 Å². The molecule has 2 aliphatic heterocycles. The number of hydrogen-bond acceptors (Lipinski definition) is 5. The molecular weight excluding hydrogens is 526 g/mol. The van der Waals surface area contributed by atoms with Crippen molar-refractivity contribution < 1.29 is 23.8 Å². The number of benzene rings is 2. The van der Waals surface area contributed by atoms with Gasteiger partial charge in [-0.2, -0.15) is 0 Å². The zero-order chi connectivity index (χ0) is 29.6.